The van der Waals surface area contributed by atoms with E-state index in [1.165, 1.54) is 0 Å². The van der Waals surface area contributed by atoms with E-state index in [1.807, 2.05) is 6.08 Å². The van der Waals surface area contributed by atoms with Gasteiger partial charge < -0.3 is 39.0 Å². The van der Waals surface area contributed by atoms with Crippen molar-refractivity contribution in [2.24, 2.45) is 40.4 Å². The monoisotopic (exact) mass is 700 g/mol. The molecule has 5 aliphatic rings. The number of aliphatic hydroxyl groups excluding tert-OH is 4. The minimum absolute atomic E-state index is 0. The molecule has 18 heteroatoms. The molecule has 14 atom stereocenters. The third-order valence-electron chi connectivity index (χ3n) is 11.6. The molecule has 1 aliphatic heterocycles. The van der Waals surface area contributed by atoms with Gasteiger partial charge >= 0.3 is 59.1 Å². The Morgan fingerprint density at radius 1 is 0.867 bits per heavy atom. The van der Waals surface area contributed by atoms with Crippen molar-refractivity contribution in [2.75, 3.05) is 13.2 Å². The van der Waals surface area contributed by atoms with E-state index < -0.39 is 81.7 Å². The first-order chi connectivity index (χ1) is 20.1. The van der Waals surface area contributed by atoms with E-state index in [9.17, 15) is 46.4 Å². The average Bonchev–Trinajstić information content (AvgIpc) is 3.28. The van der Waals surface area contributed by atoms with Crippen LogP contribution in [0.4, 0.5) is 0 Å². The number of rotatable bonds is 9. The van der Waals surface area contributed by atoms with Crippen LogP contribution < -0.4 is 59.1 Å². The van der Waals surface area contributed by atoms with Gasteiger partial charge in [-0.2, -0.15) is 0 Å². The number of allylic oxidation sites excluding steroid dienone is 1. The molecular formula is C27H42Na2O14S2. The van der Waals surface area contributed by atoms with Crippen molar-refractivity contribution in [2.45, 2.75) is 101 Å². The Hall–Kier alpha value is 1.24. The zero-order valence-corrected chi connectivity index (χ0v) is 31.6. The third kappa shape index (κ3) is 7.78. The van der Waals surface area contributed by atoms with Crippen LogP contribution in [0.2, 0.25) is 0 Å². The molecule has 4 aliphatic carbocycles. The zero-order valence-electron chi connectivity index (χ0n) is 26.0. The molecule has 1 heterocycles. The molecule has 14 nitrogen and oxygen atoms in total. The molecule has 0 bridgehead atoms. The molecule has 5 fully saturated rings. The van der Waals surface area contributed by atoms with Gasteiger partial charge in [-0.15, -0.1) is 6.58 Å². The molecule has 45 heavy (non-hydrogen) atoms. The van der Waals surface area contributed by atoms with E-state index in [2.05, 4.69) is 17.7 Å². The summed E-state index contributed by atoms with van der Waals surface area (Å²) in [6.07, 6.45) is -4.53. The van der Waals surface area contributed by atoms with E-state index in [-0.39, 0.29) is 83.5 Å². The predicted molar refractivity (Wildman–Crippen MR) is 144 cm³/mol. The summed E-state index contributed by atoms with van der Waals surface area (Å²) in [6, 6.07) is 0. The molecule has 0 aromatic carbocycles. The molecule has 0 unspecified atom stereocenters. The Bertz CT molecular complexity index is 1260. The fraction of sp³-hybridized carbons (Fsp3) is 0.926. The Morgan fingerprint density at radius 2 is 1.51 bits per heavy atom. The molecule has 248 valence electrons. The van der Waals surface area contributed by atoms with Crippen molar-refractivity contribution < 1.29 is 123 Å². The van der Waals surface area contributed by atoms with E-state index in [0.717, 1.165) is 32.1 Å². The van der Waals surface area contributed by atoms with Crippen molar-refractivity contribution in [3.05, 3.63) is 12.7 Å². The molecule has 0 spiro atoms. The first kappa shape index (κ1) is 40.7. The van der Waals surface area contributed by atoms with Crippen LogP contribution in [0.3, 0.4) is 0 Å². The summed E-state index contributed by atoms with van der Waals surface area (Å²) in [5.41, 5.74) is -0.645. The molecule has 0 aromatic heterocycles. The normalized spacial score (nSPS) is 46.5. The quantitative estimate of drug-likeness (QED) is 0.0760. The SMILES string of the molecule is C=C[C@H]1CC[C@H]2[C@@H]3CC[C@H]4[C@@H](O[C@@H]5O[C@H](CO)[C@@H](O)[C@H](OS(=O)(=O)[O-])[C@H]5O)[C@@H](OS(=O)(=O)[O-])CC[C@]4(CO)[C@H]3CC[C@]12C.[Na+].[Na+]. The summed E-state index contributed by atoms with van der Waals surface area (Å²) in [4.78, 5) is 0. The first-order valence-electron chi connectivity index (χ1n) is 14.9. The van der Waals surface area contributed by atoms with Crippen LogP contribution in [0.15, 0.2) is 12.7 Å². The summed E-state index contributed by atoms with van der Waals surface area (Å²) in [6.45, 7) is 5.27. The van der Waals surface area contributed by atoms with Gasteiger partial charge in [0.15, 0.2) is 6.29 Å². The van der Waals surface area contributed by atoms with E-state index >= 15 is 0 Å². The second kappa shape index (κ2) is 15.2. The van der Waals surface area contributed by atoms with Crippen LogP contribution in [0.25, 0.3) is 0 Å². The summed E-state index contributed by atoms with van der Waals surface area (Å²) in [7, 11) is -10.6. The van der Waals surface area contributed by atoms with Crippen LogP contribution in [0, 0.1) is 40.4 Å². The molecule has 0 amide bonds. The Labute approximate surface area is 309 Å². The van der Waals surface area contributed by atoms with Gasteiger partial charge in [0.1, 0.15) is 30.5 Å². The Kier molecular flexibility index (Phi) is 13.8. The van der Waals surface area contributed by atoms with Gasteiger partial charge in [-0.3, -0.25) is 8.37 Å². The average molecular weight is 701 g/mol. The van der Waals surface area contributed by atoms with Crippen molar-refractivity contribution in [1.82, 2.24) is 0 Å². The van der Waals surface area contributed by atoms with E-state index in [1.54, 1.807) is 0 Å². The molecular weight excluding hydrogens is 658 g/mol. The maximum absolute atomic E-state index is 11.7. The minimum atomic E-state index is -5.42. The number of hydrogen-bond donors (Lipinski definition) is 4. The minimum Gasteiger partial charge on any atom is -0.726 e. The van der Waals surface area contributed by atoms with E-state index in [4.69, 9.17) is 13.7 Å². The Morgan fingerprint density at radius 3 is 2.09 bits per heavy atom. The maximum Gasteiger partial charge on any atom is 1.00 e. The van der Waals surface area contributed by atoms with Gasteiger partial charge in [-0.25, -0.2) is 16.8 Å². The molecule has 4 saturated carbocycles. The van der Waals surface area contributed by atoms with Crippen LogP contribution in [0.1, 0.15) is 58.3 Å². The largest absolute Gasteiger partial charge is 1.00 e. The Balaban J connectivity index is 0.00000276. The topological polar surface area (TPSA) is 232 Å². The van der Waals surface area contributed by atoms with Crippen LogP contribution in [-0.4, -0.2) is 102 Å². The molecule has 5 rings (SSSR count). The summed E-state index contributed by atoms with van der Waals surface area (Å²) < 4.78 is 90.2. The second-order valence-electron chi connectivity index (χ2n) is 13.3. The predicted octanol–water partition coefficient (Wildman–Crippen LogP) is -6.06. The van der Waals surface area contributed by atoms with Crippen LogP contribution in [-0.2, 0) is 38.6 Å². The standard InChI is InChI=1S/C27H44O14S2.2Na/c1-3-14-4-6-16-15-5-7-18-23(39-25-22(31)24(41-43(35,36)37)21(30)20(12-28)38-25)19(40-42(32,33)34)9-11-27(18,13-29)17(15)8-10-26(14,16)2;;/h3,14-25,28-31H,1,4-13H2,2H3,(H,32,33,34)(H,35,36,37);;/q;2*+1/p-2/t14-,15-,16-,17-,18-,19-,20+,21+,22+,23+,24-,25-,26+,27-;;/m0../s1. The van der Waals surface area contributed by atoms with Crippen molar-refractivity contribution in [3.63, 3.8) is 0 Å². The number of ether oxygens (including phenoxy) is 2. The van der Waals surface area contributed by atoms with Gasteiger partial charge in [-0.1, -0.05) is 13.0 Å². The van der Waals surface area contributed by atoms with Crippen molar-refractivity contribution in [1.29, 1.82) is 0 Å². The van der Waals surface area contributed by atoms with Crippen molar-refractivity contribution in [3.8, 4) is 0 Å². The number of hydrogen-bond acceptors (Lipinski definition) is 14. The van der Waals surface area contributed by atoms with Crippen LogP contribution in [0.5, 0.6) is 0 Å². The maximum atomic E-state index is 11.7. The van der Waals surface area contributed by atoms with Gasteiger partial charge in [0.05, 0.1) is 12.7 Å². The smallest absolute Gasteiger partial charge is 0.726 e. The molecule has 0 radical (unpaired) electrons. The zero-order chi connectivity index (χ0) is 31.5. The third-order valence-corrected chi connectivity index (χ3v) is 12.6. The molecule has 1 saturated heterocycles. The van der Waals surface area contributed by atoms with Crippen molar-refractivity contribution >= 4 is 20.8 Å². The fourth-order valence-corrected chi connectivity index (χ4v) is 10.8. The number of aliphatic hydroxyl groups is 4. The van der Waals surface area contributed by atoms with Crippen LogP contribution >= 0.6 is 0 Å². The molecule has 0 aromatic rings. The molecule has 4 N–H and O–H groups in total. The number of fused-ring (bicyclic) bond motifs is 5. The van der Waals surface area contributed by atoms with E-state index in [0.29, 0.717) is 30.6 Å². The summed E-state index contributed by atoms with van der Waals surface area (Å²) in [5.74, 6) is 0.601. The van der Waals surface area contributed by atoms with Gasteiger partial charge in [0.25, 0.3) is 0 Å². The summed E-state index contributed by atoms with van der Waals surface area (Å²) >= 11 is 0. The summed E-state index contributed by atoms with van der Waals surface area (Å²) in [5, 5.41) is 42.1. The second-order valence-corrected chi connectivity index (χ2v) is 15.3. The van der Waals surface area contributed by atoms with Gasteiger partial charge in [0, 0.05) is 12.0 Å². The van der Waals surface area contributed by atoms with Gasteiger partial charge in [0.2, 0.25) is 20.8 Å². The van der Waals surface area contributed by atoms with Gasteiger partial charge in [-0.05, 0) is 86.4 Å². The first-order valence-corrected chi connectivity index (χ1v) is 17.5. The fourth-order valence-electron chi connectivity index (χ4n) is 9.78.